The van der Waals surface area contributed by atoms with Gasteiger partial charge in [0.25, 0.3) is 0 Å². The number of aromatic nitrogens is 4. The molecule has 110 valence electrons. The molecule has 3 heterocycles. The number of nitrogens with two attached hydrogens (primary N) is 2. The summed E-state index contributed by atoms with van der Waals surface area (Å²) in [7, 11) is 0. The molecule has 0 saturated carbocycles. The van der Waals surface area contributed by atoms with E-state index in [1.54, 1.807) is 6.33 Å². The summed E-state index contributed by atoms with van der Waals surface area (Å²) in [6, 6.07) is 4.10. The van der Waals surface area contributed by atoms with Crippen LogP contribution in [0.4, 0.5) is 0 Å². The third-order valence-corrected chi connectivity index (χ3v) is 3.82. The topological polar surface area (TPSA) is 106 Å². The molecule has 6 heteroatoms. The van der Waals surface area contributed by atoms with Gasteiger partial charge in [0.05, 0.1) is 16.7 Å². The Hall–Kier alpha value is -2.05. The van der Waals surface area contributed by atoms with Gasteiger partial charge in [-0.25, -0.2) is 15.0 Å². The number of nitrogens with zero attached hydrogens (tertiary/aromatic N) is 3. The summed E-state index contributed by atoms with van der Waals surface area (Å²) < 4.78 is 0. The Morgan fingerprint density at radius 3 is 2.71 bits per heavy atom. The van der Waals surface area contributed by atoms with E-state index in [2.05, 4.69) is 32.9 Å². The molecule has 1 atom stereocenters. The molecule has 3 aromatic rings. The number of rotatable bonds is 5. The van der Waals surface area contributed by atoms with E-state index in [0.29, 0.717) is 25.4 Å². The summed E-state index contributed by atoms with van der Waals surface area (Å²) in [5.41, 5.74) is 16.9. The van der Waals surface area contributed by atoms with Gasteiger partial charge in [-0.2, -0.15) is 0 Å². The molecule has 0 radical (unpaired) electrons. The summed E-state index contributed by atoms with van der Waals surface area (Å²) in [4.78, 5) is 16.8. The van der Waals surface area contributed by atoms with Crippen molar-refractivity contribution >= 4 is 22.1 Å². The lowest BCUT2D eigenvalue weighted by Crippen LogP contribution is -2.07. The van der Waals surface area contributed by atoms with Crippen LogP contribution >= 0.6 is 0 Å². The van der Waals surface area contributed by atoms with E-state index < -0.39 is 0 Å². The Bertz CT molecular complexity index is 763. The lowest BCUT2D eigenvalue weighted by Gasteiger charge is -2.12. The molecule has 0 aliphatic rings. The first-order valence-corrected chi connectivity index (χ1v) is 7.27. The van der Waals surface area contributed by atoms with Crippen molar-refractivity contribution in [1.29, 1.82) is 0 Å². The monoisotopic (exact) mass is 284 g/mol. The molecule has 0 aliphatic heterocycles. The molecule has 0 spiro atoms. The lowest BCUT2D eigenvalue weighted by molar-refractivity contribution is 0.673. The predicted octanol–water partition coefficient (Wildman–Crippen LogP) is 1.46. The highest BCUT2D eigenvalue weighted by molar-refractivity contribution is 6.00. The first kappa shape index (κ1) is 13.9. The van der Waals surface area contributed by atoms with Crippen LogP contribution < -0.4 is 11.5 Å². The largest absolute Gasteiger partial charge is 0.355 e. The predicted molar refractivity (Wildman–Crippen MR) is 84.0 cm³/mol. The number of fused-ring (bicyclic) bond motifs is 3. The van der Waals surface area contributed by atoms with E-state index in [9.17, 15) is 0 Å². The van der Waals surface area contributed by atoms with Gasteiger partial charge in [-0.1, -0.05) is 6.92 Å². The van der Waals surface area contributed by atoms with Gasteiger partial charge < -0.3 is 16.5 Å². The van der Waals surface area contributed by atoms with Crippen molar-refractivity contribution in [2.75, 3.05) is 13.1 Å². The van der Waals surface area contributed by atoms with Gasteiger partial charge in [0.2, 0.25) is 0 Å². The number of imidazole rings is 1. The lowest BCUT2D eigenvalue weighted by atomic mass is 10.0. The average Bonchev–Trinajstić information content (AvgIpc) is 2.97. The second kappa shape index (κ2) is 5.75. The number of aromatic amines is 1. The summed E-state index contributed by atoms with van der Waals surface area (Å²) in [6.45, 7) is 3.39. The summed E-state index contributed by atoms with van der Waals surface area (Å²) in [5, 5.41) is 0. The van der Waals surface area contributed by atoms with Crippen LogP contribution in [-0.2, 0) is 6.42 Å². The highest BCUT2D eigenvalue weighted by atomic mass is 14.9. The zero-order valence-electron chi connectivity index (χ0n) is 12.1. The minimum atomic E-state index is 0.376. The van der Waals surface area contributed by atoms with Crippen molar-refractivity contribution in [3.05, 3.63) is 29.8 Å². The standard InChI is InChI=1S/C15H20N6/c1-9(4-6-16)10-2-3-11-14(21-10)15-13(18-8-19-15)12(20-11)5-7-17/h2-3,8-9,21H,4-7,16-17H2,1H3. The smallest absolute Gasteiger partial charge is 0.118 e. The zero-order valence-corrected chi connectivity index (χ0v) is 12.1. The summed E-state index contributed by atoms with van der Waals surface area (Å²) in [5.74, 6) is 0.376. The third-order valence-electron chi connectivity index (χ3n) is 3.82. The quantitative estimate of drug-likeness (QED) is 0.657. The number of H-pyrrole nitrogens is 1. The van der Waals surface area contributed by atoms with Crippen LogP contribution in [0.25, 0.3) is 22.1 Å². The van der Waals surface area contributed by atoms with Crippen molar-refractivity contribution < 1.29 is 0 Å². The second-order valence-electron chi connectivity index (χ2n) is 5.32. The molecule has 5 N–H and O–H groups in total. The van der Waals surface area contributed by atoms with Crippen LogP contribution in [0.1, 0.15) is 30.7 Å². The van der Waals surface area contributed by atoms with Gasteiger partial charge in [-0.05, 0) is 37.6 Å². The Morgan fingerprint density at radius 2 is 1.95 bits per heavy atom. The molecule has 3 rings (SSSR count). The van der Waals surface area contributed by atoms with Crippen molar-refractivity contribution in [3.8, 4) is 0 Å². The van der Waals surface area contributed by atoms with E-state index in [1.165, 1.54) is 0 Å². The van der Waals surface area contributed by atoms with Crippen molar-refractivity contribution in [3.63, 3.8) is 0 Å². The molecule has 0 aliphatic carbocycles. The molecule has 0 fully saturated rings. The molecule has 0 amide bonds. The van der Waals surface area contributed by atoms with Crippen molar-refractivity contribution in [2.24, 2.45) is 11.5 Å². The molecule has 6 nitrogen and oxygen atoms in total. The van der Waals surface area contributed by atoms with E-state index in [0.717, 1.165) is 39.9 Å². The SMILES string of the molecule is CC(CCN)c1ccc2nc(CCN)c3ncnc3c2[nH]1. The molecular formula is C15H20N6. The molecule has 3 aromatic heterocycles. The van der Waals surface area contributed by atoms with Gasteiger partial charge >= 0.3 is 0 Å². The maximum Gasteiger partial charge on any atom is 0.118 e. The maximum absolute atomic E-state index is 5.65. The second-order valence-corrected chi connectivity index (χ2v) is 5.32. The van der Waals surface area contributed by atoms with Crippen LogP contribution in [0.5, 0.6) is 0 Å². The van der Waals surface area contributed by atoms with Gasteiger partial charge in [0.15, 0.2) is 0 Å². The number of nitrogens with one attached hydrogen (secondary N) is 1. The first-order valence-electron chi connectivity index (χ1n) is 7.27. The highest BCUT2D eigenvalue weighted by Crippen LogP contribution is 2.25. The fourth-order valence-electron chi connectivity index (χ4n) is 2.64. The molecular weight excluding hydrogens is 264 g/mol. The van der Waals surface area contributed by atoms with Crippen LogP contribution in [0.2, 0.25) is 0 Å². The fraction of sp³-hybridized carbons (Fsp3) is 0.400. The molecule has 0 bridgehead atoms. The van der Waals surface area contributed by atoms with Crippen LogP contribution in [0, 0.1) is 0 Å². The Balaban J connectivity index is 2.19. The number of hydrogen-bond acceptors (Lipinski definition) is 5. The van der Waals surface area contributed by atoms with Gasteiger partial charge in [0, 0.05) is 12.1 Å². The van der Waals surface area contributed by atoms with Crippen LogP contribution in [0.3, 0.4) is 0 Å². The minimum absolute atomic E-state index is 0.376. The molecule has 21 heavy (non-hydrogen) atoms. The van der Waals surface area contributed by atoms with Gasteiger partial charge in [-0.3, -0.25) is 0 Å². The van der Waals surface area contributed by atoms with E-state index in [4.69, 9.17) is 11.5 Å². The fourth-order valence-corrected chi connectivity index (χ4v) is 2.64. The van der Waals surface area contributed by atoms with Gasteiger partial charge in [-0.15, -0.1) is 0 Å². The first-order chi connectivity index (χ1) is 10.2. The van der Waals surface area contributed by atoms with E-state index in [-0.39, 0.29) is 0 Å². The van der Waals surface area contributed by atoms with Crippen molar-refractivity contribution in [1.82, 2.24) is 19.9 Å². The molecule has 0 aromatic carbocycles. The third kappa shape index (κ3) is 2.48. The minimum Gasteiger partial charge on any atom is -0.355 e. The number of hydrogen-bond donors (Lipinski definition) is 3. The Labute approximate surface area is 123 Å². The molecule has 0 saturated heterocycles. The summed E-state index contributed by atoms with van der Waals surface area (Å²) >= 11 is 0. The van der Waals surface area contributed by atoms with Crippen LogP contribution in [0.15, 0.2) is 18.5 Å². The van der Waals surface area contributed by atoms with E-state index in [1.807, 2.05) is 6.07 Å². The Kier molecular flexibility index (Phi) is 3.81. The molecule has 1 unspecified atom stereocenters. The summed E-state index contributed by atoms with van der Waals surface area (Å²) in [6.07, 6.45) is 3.22. The Morgan fingerprint density at radius 1 is 1.14 bits per heavy atom. The zero-order chi connectivity index (χ0) is 14.8. The normalized spacial score (nSPS) is 13.1. The van der Waals surface area contributed by atoms with E-state index >= 15 is 0 Å². The van der Waals surface area contributed by atoms with Gasteiger partial charge in [0.1, 0.15) is 17.4 Å². The maximum atomic E-state index is 5.65. The highest BCUT2D eigenvalue weighted by Gasteiger charge is 2.13. The van der Waals surface area contributed by atoms with Crippen LogP contribution in [-0.4, -0.2) is 33.0 Å². The van der Waals surface area contributed by atoms with Crippen molar-refractivity contribution in [2.45, 2.75) is 25.7 Å². The average molecular weight is 284 g/mol. The number of pyridine rings is 2.